The first-order valence-electron chi connectivity index (χ1n) is 6.12. The first kappa shape index (κ1) is 14.3. The Morgan fingerprint density at radius 1 is 1.20 bits per heavy atom. The smallest absolute Gasteiger partial charge is 0.248 e. The maximum absolute atomic E-state index is 11.8. The molecular weight excluding hydrogens is 274 g/mol. The van der Waals surface area contributed by atoms with Gasteiger partial charge in [0.1, 0.15) is 0 Å². The summed E-state index contributed by atoms with van der Waals surface area (Å²) in [6.07, 6.45) is 3.08. The van der Waals surface area contributed by atoms with Crippen molar-refractivity contribution in [3.05, 3.63) is 70.8 Å². The van der Waals surface area contributed by atoms with Crippen LogP contribution in [-0.2, 0) is 11.4 Å². The zero-order chi connectivity index (χ0) is 14.4. The van der Waals surface area contributed by atoms with E-state index in [1.54, 1.807) is 36.4 Å². The lowest BCUT2D eigenvalue weighted by atomic mass is 10.2. The Bertz CT molecular complexity index is 638. The van der Waals surface area contributed by atoms with Crippen molar-refractivity contribution in [3.63, 3.8) is 0 Å². The fourth-order valence-corrected chi connectivity index (χ4v) is 1.91. The lowest BCUT2D eigenvalue weighted by Crippen LogP contribution is -2.07. The highest BCUT2D eigenvalue weighted by atomic mass is 35.5. The van der Waals surface area contributed by atoms with Gasteiger partial charge in [0.15, 0.2) is 0 Å². The normalized spacial score (nSPS) is 10.7. The van der Waals surface area contributed by atoms with Crippen LogP contribution in [0.1, 0.15) is 11.1 Å². The molecule has 0 radical (unpaired) electrons. The molecular formula is C16H14ClNO2. The zero-order valence-corrected chi connectivity index (χ0v) is 11.5. The highest BCUT2D eigenvalue weighted by Crippen LogP contribution is 2.16. The molecule has 0 bridgehead atoms. The number of hydrogen-bond acceptors (Lipinski definition) is 2. The highest BCUT2D eigenvalue weighted by molar-refractivity contribution is 6.32. The molecule has 20 heavy (non-hydrogen) atoms. The van der Waals surface area contributed by atoms with Crippen LogP contribution in [0.5, 0.6) is 0 Å². The molecule has 0 aliphatic carbocycles. The first-order valence-corrected chi connectivity index (χ1v) is 6.50. The summed E-state index contributed by atoms with van der Waals surface area (Å²) in [6, 6.07) is 14.3. The molecule has 2 aromatic carbocycles. The van der Waals surface area contributed by atoms with Gasteiger partial charge in [-0.1, -0.05) is 41.9 Å². The Labute approximate surface area is 122 Å². The van der Waals surface area contributed by atoms with E-state index in [1.807, 2.05) is 18.2 Å². The van der Waals surface area contributed by atoms with Crippen LogP contribution in [0, 0.1) is 0 Å². The van der Waals surface area contributed by atoms with Crippen LogP contribution in [0.15, 0.2) is 54.6 Å². The van der Waals surface area contributed by atoms with Crippen molar-refractivity contribution in [2.75, 3.05) is 5.32 Å². The van der Waals surface area contributed by atoms with Crippen molar-refractivity contribution < 1.29 is 9.90 Å². The van der Waals surface area contributed by atoms with Crippen molar-refractivity contribution >= 4 is 29.3 Å². The van der Waals surface area contributed by atoms with Crippen LogP contribution in [0.2, 0.25) is 5.02 Å². The van der Waals surface area contributed by atoms with Gasteiger partial charge in [-0.2, -0.15) is 0 Å². The molecule has 0 aliphatic heterocycles. The summed E-state index contributed by atoms with van der Waals surface area (Å²) in [6.45, 7) is -0.0564. The van der Waals surface area contributed by atoms with Crippen LogP contribution < -0.4 is 5.32 Å². The van der Waals surface area contributed by atoms with Crippen LogP contribution in [0.25, 0.3) is 6.08 Å². The van der Waals surface area contributed by atoms with E-state index in [-0.39, 0.29) is 12.5 Å². The van der Waals surface area contributed by atoms with Crippen molar-refractivity contribution in [2.24, 2.45) is 0 Å². The number of aliphatic hydroxyl groups excluding tert-OH is 1. The third kappa shape index (κ3) is 3.95. The van der Waals surface area contributed by atoms with Gasteiger partial charge in [-0.05, 0) is 35.4 Å². The van der Waals surface area contributed by atoms with E-state index >= 15 is 0 Å². The Morgan fingerprint density at radius 2 is 2.00 bits per heavy atom. The van der Waals surface area contributed by atoms with Gasteiger partial charge in [0.2, 0.25) is 5.91 Å². The second-order valence-electron chi connectivity index (χ2n) is 4.20. The monoisotopic (exact) mass is 287 g/mol. The van der Waals surface area contributed by atoms with Gasteiger partial charge in [-0.25, -0.2) is 0 Å². The molecule has 2 N–H and O–H groups in total. The first-order chi connectivity index (χ1) is 9.69. The van der Waals surface area contributed by atoms with Crippen LogP contribution in [0.4, 0.5) is 5.69 Å². The van der Waals surface area contributed by atoms with Gasteiger partial charge in [0.05, 0.1) is 6.61 Å². The van der Waals surface area contributed by atoms with Gasteiger partial charge >= 0.3 is 0 Å². The Morgan fingerprint density at radius 3 is 2.75 bits per heavy atom. The molecule has 1 amide bonds. The molecule has 0 heterocycles. The summed E-state index contributed by atoms with van der Waals surface area (Å²) < 4.78 is 0. The number of aliphatic hydroxyl groups is 1. The maximum atomic E-state index is 11.8. The number of benzene rings is 2. The molecule has 0 unspecified atom stereocenters. The average Bonchev–Trinajstić information content (AvgIpc) is 2.46. The van der Waals surface area contributed by atoms with E-state index in [9.17, 15) is 4.79 Å². The molecule has 2 aromatic rings. The average molecular weight is 288 g/mol. The largest absolute Gasteiger partial charge is 0.392 e. The van der Waals surface area contributed by atoms with Crippen molar-refractivity contribution in [2.45, 2.75) is 6.61 Å². The fraction of sp³-hybridized carbons (Fsp3) is 0.0625. The Balaban J connectivity index is 2.04. The summed E-state index contributed by atoms with van der Waals surface area (Å²) in [5.74, 6) is -0.250. The number of nitrogens with one attached hydrogen (secondary N) is 1. The molecule has 0 spiro atoms. The molecule has 4 heteroatoms. The summed E-state index contributed by atoms with van der Waals surface area (Å²) >= 11 is 6.00. The molecule has 0 saturated heterocycles. The highest BCUT2D eigenvalue weighted by Gasteiger charge is 2.00. The topological polar surface area (TPSA) is 49.3 Å². The van der Waals surface area contributed by atoms with E-state index in [2.05, 4.69) is 5.32 Å². The molecule has 0 aliphatic rings. The van der Waals surface area contributed by atoms with E-state index in [4.69, 9.17) is 16.7 Å². The van der Waals surface area contributed by atoms with Gasteiger partial charge in [0.25, 0.3) is 0 Å². The maximum Gasteiger partial charge on any atom is 0.248 e. The van der Waals surface area contributed by atoms with E-state index < -0.39 is 0 Å². The lowest BCUT2D eigenvalue weighted by Gasteiger charge is -2.04. The molecule has 0 fully saturated rings. The molecule has 102 valence electrons. The van der Waals surface area contributed by atoms with E-state index in [0.29, 0.717) is 10.7 Å². The van der Waals surface area contributed by atoms with E-state index in [0.717, 1.165) is 11.1 Å². The predicted octanol–water partition coefficient (Wildman–Crippen LogP) is 3.48. The van der Waals surface area contributed by atoms with Crippen molar-refractivity contribution in [3.8, 4) is 0 Å². The zero-order valence-electron chi connectivity index (χ0n) is 10.7. The second-order valence-corrected chi connectivity index (χ2v) is 4.61. The summed E-state index contributed by atoms with van der Waals surface area (Å²) in [7, 11) is 0. The minimum atomic E-state index is -0.250. The van der Waals surface area contributed by atoms with E-state index in [1.165, 1.54) is 6.08 Å². The molecule has 0 aromatic heterocycles. The third-order valence-corrected chi connectivity index (χ3v) is 3.04. The molecule has 0 atom stereocenters. The second kappa shape index (κ2) is 6.89. The van der Waals surface area contributed by atoms with Crippen LogP contribution in [0.3, 0.4) is 0 Å². The Kier molecular flexibility index (Phi) is 4.93. The van der Waals surface area contributed by atoms with Gasteiger partial charge in [-0.15, -0.1) is 0 Å². The quantitative estimate of drug-likeness (QED) is 0.846. The number of anilines is 1. The van der Waals surface area contributed by atoms with Gasteiger partial charge in [-0.3, -0.25) is 4.79 Å². The lowest BCUT2D eigenvalue weighted by molar-refractivity contribution is -0.111. The van der Waals surface area contributed by atoms with Crippen LogP contribution in [-0.4, -0.2) is 11.0 Å². The molecule has 3 nitrogen and oxygen atoms in total. The number of halogens is 1. The predicted molar refractivity (Wildman–Crippen MR) is 81.5 cm³/mol. The number of carbonyl (C=O) groups excluding carboxylic acids is 1. The van der Waals surface area contributed by atoms with Crippen LogP contribution >= 0.6 is 11.6 Å². The summed E-state index contributed by atoms with van der Waals surface area (Å²) in [5.41, 5.74) is 2.18. The minimum absolute atomic E-state index is 0.0564. The fourth-order valence-electron chi connectivity index (χ4n) is 1.71. The van der Waals surface area contributed by atoms with Gasteiger partial charge in [0, 0.05) is 16.8 Å². The van der Waals surface area contributed by atoms with Crippen molar-refractivity contribution in [1.29, 1.82) is 0 Å². The summed E-state index contributed by atoms with van der Waals surface area (Å²) in [5, 5.41) is 12.4. The van der Waals surface area contributed by atoms with Crippen molar-refractivity contribution in [1.82, 2.24) is 0 Å². The number of hydrogen-bond donors (Lipinski definition) is 2. The Hall–Kier alpha value is -2.10. The third-order valence-electron chi connectivity index (χ3n) is 2.70. The number of rotatable bonds is 4. The standard InChI is InChI=1S/C16H14ClNO2/c17-15-7-2-1-5-13(15)8-9-16(20)18-14-6-3-4-12(10-14)11-19/h1-10,19H,11H2,(H,18,20)/b9-8+. The number of carbonyl (C=O) groups is 1. The molecule has 2 rings (SSSR count). The minimum Gasteiger partial charge on any atom is -0.392 e. The number of amides is 1. The summed E-state index contributed by atoms with van der Waals surface area (Å²) in [4.78, 5) is 11.8. The van der Waals surface area contributed by atoms with Gasteiger partial charge < -0.3 is 10.4 Å². The SMILES string of the molecule is O=C(/C=C/c1ccccc1Cl)Nc1cccc(CO)c1. The molecule has 0 saturated carbocycles.